The van der Waals surface area contributed by atoms with Crippen molar-refractivity contribution in [3.8, 4) is 5.75 Å². The average Bonchev–Trinajstić information content (AvgIpc) is 2.46. The van der Waals surface area contributed by atoms with E-state index in [1.807, 2.05) is 18.2 Å². The Balaban J connectivity index is 2.49. The summed E-state index contributed by atoms with van der Waals surface area (Å²) in [7, 11) is 1.68. The number of hydrogen-bond acceptors (Lipinski definition) is 1. The fourth-order valence-corrected chi connectivity index (χ4v) is 3.16. The second-order valence-electron chi connectivity index (χ2n) is 4.30. The minimum Gasteiger partial charge on any atom is -0.496 e. The van der Waals surface area contributed by atoms with E-state index in [1.54, 1.807) is 7.11 Å². The number of ether oxygens (including phenoxy) is 1. The Labute approximate surface area is 127 Å². The molecule has 0 bridgehead atoms. The SMILES string of the molecule is CCc1ccccc1C(Br)c1cc(Cl)ccc1OC. The first kappa shape index (κ1) is 14.4. The Hall–Kier alpha value is -0.990. The Bertz CT molecular complexity index is 568. The van der Waals surface area contributed by atoms with Gasteiger partial charge in [0.25, 0.3) is 0 Å². The molecule has 1 atom stereocenters. The first-order chi connectivity index (χ1) is 9.17. The van der Waals surface area contributed by atoms with Crippen LogP contribution >= 0.6 is 27.5 Å². The van der Waals surface area contributed by atoms with Gasteiger partial charge >= 0.3 is 0 Å². The molecule has 1 unspecified atom stereocenters. The van der Waals surface area contributed by atoms with Crippen LogP contribution in [-0.2, 0) is 6.42 Å². The number of aryl methyl sites for hydroxylation is 1. The van der Waals surface area contributed by atoms with E-state index >= 15 is 0 Å². The van der Waals surface area contributed by atoms with Crippen LogP contribution in [0.3, 0.4) is 0 Å². The van der Waals surface area contributed by atoms with Gasteiger partial charge in [-0.25, -0.2) is 0 Å². The maximum absolute atomic E-state index is 6.10. The maximum Gasteiger partial charge on any atom is 0.123 e. The summed E-state index contributed by atoms with van der Waals surface area (Å²) >= 11 is 9.88. The van der Waals surface area contributed by atoms with Crippen LogP contribution in [0.5, 0.6) is 5.75 Å². The van der Waals surface area contributed by atoms with Crippen molar-refractivity contribution in [2.24, 2.45) is 0 Å². The van der Waals surface area contributed by atoms with Crippen molar-refractivity contribution in [2.75, 3.05) is 7.11 Å². The quantitative estimate of drug-likeness (QED) is 0.678. The number of hydrogen-bond donors (Lipinski definition) is 0. The van der Waals surface area contributed by atoms with Gasteiger partial charge in [-0.05, 0) is 35.7 Å². The van der Waals surface area contributed by atoms with Crippen LogP contribution in [0.15, 0.2) is 42.5 Å². The average molecular weight is 340 g/mol. The molecule has 0 spiro atoms. The highest BCUT2D eigenvalue weighted by Gasteiger charge is 2.17. The van der Waals surface area contributed by atoms with Gasteiger partial charge in [0.2, 0.25) is 0 Å². The Morgan fingerprint density at radius 1 is 1.16 bits per heavy atom. The van der Waals surface area contributed by atoms with E-state index in [1.165, 1.54) is 11.1 Å². The van der Waals surface area contributed by atoms with Crippen molar-refractivity contribution in [2.45, 2.75) is 18.2 Å². The third-order valence-electron chi connectivity index (χ3n) is 3.17. The molecule has 3 heteroatoms. The molecule has 0 saturated heterocycles. The lowest BCUT2D eigenvalue weighted by atomic mass is 9.97. The van der Waals surface area contributed by atoms with Crippen LogP contribution in [0, 0.1) is 0 Å². The van der Waals surface area contributed by atoms with Crippen molar-refractivity contribution in [3.63, 3.8) is 0 Å². The van der Waals surface area contributed by atoms with E-state index in [9.17, 15) is 0 Å². The molecule has 100 valence electrons. The largest absolute Gasteiger partial charge is 0.496 e. The second-order valence-corrected chi connectivity index (χ2v) is 5.65. The van der Waals surface area contributed by atoms with Gasteiger partial charge in [-0.1, -0.05) is 58.7 Å². The lowest BCUT2D eigenvalue weighted by Gasteiger charge is -2.17. The van der Waals surface area contributed by atoms with Crippen molar-refractivity contribution >= 4 is 27.5 Å². The Morgan fingerprint density at radius 3 is 2.58 bits per heavy atom. The molecule has 0 amide bonds. The molecule has 0 N–H and O–H groups in total. The highest BCUT2D eigenvalue weighted by Crippen LogP contribution is 2.39. The molecule has 0 saturated carbocycles. The lowest BCUT2D eigenvalue weighted by molar-refractivity contribution is 0.410. The van der Waals surface area contributed by atoms with Gasteiger partial charge in [0.1, 0.15) is 5.75 Å². The first-order valence-electron chi connectivity index (χ1n) is 6.22. The van der Waals surface area contributed by atoms with Crippen LogP contribution in [0.2, 0.25) is 5.02 Å². The van der Waals surface area contributed by atoms with Gasteiger partial charge < -0.3 is 4.74 Å². The number of methoxy groups -OCH3 is 1. The molecule has 2 aromatic rings. The summed E-state index contributed by atoms with van der Waals surface area (Å²) in [5.74, 6) is 0.845. The fourth-order valence-electron chi connectivity index (χ4n) is 2.17. The van der Waals surface area contributed by atoms with Crippen LogP contribution in [0.1, 0.15) is 28.4 Å². The summed E-state index contributed by atoms with van der Waals surface area (Å²) < 4.78 is 5.43. The monoisotopic (exact) mass is 338 g/mol. The van der Waals surface area contributed by atoms with E-state index < -0.39 is 0 Å². The molecule has 19 heavy (non-hydrogen) atoms. The maximum atomic E-state index is 6.10. The van der Waals surface area contributed by atoms with E-state index in [0.29, 0.717) is 5.02 Å². The first-order valence-corrected chi connectivity index (χ1v) is 7.52. The fraction of sp³-hybridized carbons (Fsp3) is 0.250. The molecule has 0 aromatic heterocycles. The van der Waals surface area contributed by atoms with Gasteiger partial charge in [0, 0.05) is 10.6 Å². The molecule has 0 aliphatic rings. The number of alkyl halides is 1. The molecule has 1 nitrogen and oxygen atoms in total. The number of halogens is 2. The zero-order valence-electron chi connectivity index (χ0n) is 11.0. The lowest BCUT2D eigenvalue weighted by Crippen LogP contribution is -2.00. The number of rotatable bonds is 4. The Kier molecular flexibility index (Phi) is 4.89. The van der Waals surface area contributed by atoms with Crippen molar-refractivity contribution in [1.82, 2.24) is 0 Å². The molecule has 0 fully saturated rings. The van der Waals surface area contributed by atoms with Gasteiger partial charge in [-0.2, -0.15) is 0 Å². The highest BCUT2D eigenvalue weighted by molar-refractivity contribution is 9.09. The van der Waals surface area contributed by atoms with E-state index in [4.69, 9.17) is 16.3 Å². The van der Waals surface area contributed by atoms with Crippen molar-refractivity contribution in [1.29, 1.82) is 0 Å². The van der Waals surface area contributed by atoms with Gasteiger partial charge in [0.15, 0.2) is 0 Å². The highest BCUT2D eigenvalue weighted by atomic mass is 79.9. The van der Waals surface area contributed by atoms with Crippen molar-refractivity contribution in [3.05, 3.63) is 64.2 Å². The van der Waals surface area contributed by atoms with Crippen molar-refractivity contribution < 1.29 is 4.74 Å². The van der Waals surface area contributed by atoms with Gasteiger partial charge in [-0.15, -0.1) is 0 Å². The summed E-state index contributed by atoms with van der Waals surface area (Å²) in [6.07, 6.45) is 1.00. The topological polar surface area (TPSA) is 9.23 Å². The minimum absolute atomic E-state index is 0.0808. The standard InChI is InChI=1S/C16H16BrClO/c1-3-11-6-4-5-7-13(11)16(17)14-10-12(18)8-9-15(14)19-2/h4-10,16H,3H2,1-2H3. The third-order valence-corrected chi connectivity index (χ3v) is 4.40. The van der Waals surface area contributed by atoms with Gasteiger partial charge in [-0.3, -0.25) is 0 Å². The summed E-state index contributed by atoms with van der Waals surface area (Å²) in [5, 5.41) is 0.717. The summed E-state index contributed by atoms with van der Waals surface area (Å²) in [5.41, 5.74) is 3.63. The normalized spacial score (nSPS) is 12.2. The summed E-state index contributed by atoms with van der Waals surface area (Å²) in [6, 6.07) is 14.1. The predicted octanol–water partition coefficient (Wildman–Crippen LogP) is 5.40. The molecule has 0 heterocycles. The molecule has 0 aliphatic heterocycles. The van der Waals surface area contributed by atoms with Gasteiger partial charge in [0.05, 0.1) is 11.9 Å². The predicted molar refractivity (Wildman–Crippen MR) is 84.6 cm³/mol. The molecule has 2 rings (SSSR count). The minimum atomic E-state index is 0.0808. The molecule has 0 aliphatic carbocycles. The van der Waals surface area contributed by atoms with E-state index in [0.717, 1.165) is 17.7 Å². The van der Waals surface area contributed by atoms with E-state index in [-0.39, 0.29) is 4.83 Å². The summed E-state index contributed by atoms with van der Waals surface area (Å²) in [4.78, 5) is 0.0808. The van der Waals surface area contributed by atoms with Crippen LogP contribution in [0.4, 0.5) is 0 Å². The molecule has 0 radical (unpaired) electrons. The molecular weight excluding hydrogens is 324 g/mol. The molecule has 2 aromatic carbocycles. The summed E-state index contributed by atoms with van der Waals surface area (Å²) in [6.45, 7) is 2.16. The van der Waals surface area contributed by atoms with Crippen LogP contribution < -0.4 is 4.74 Å². The van der Waals surface area contributed by atoms with Crippen LogP contribution in [0.25, 0.3) is 0 Å². The Morgan fingerprint density at radius 2 is 1.89 bits per heavy atom. The second kappa shape index (κ2) is 6.44. The zero-order chi connectivity index (χ0) is 13.8. The van der Waals surface area contributed by atoms with E-state index in [2.05, 4.69) is 47.1 Å². The smallest absolute Gasteiger partial charge is 0.123 e. The zero-order valence-corrected chi connectivity index (χ0v) is 13.3. The molecular formula is C16H16BrClO. The van der Waals surface area contributed by atoms with Crippen LogP contribution in [-0.4, -0.2) is 7.11 Å². The number of benzene rings is 2. The third kappa shape index (κ3) is 3.13.